The Morgan fingerprint density at radius 3 is 2.82 bits per heavy atom. The molecule has 8 heteroatoms. The zero-order valence-corrected chi connectivity index (χ0v) is 12.2. The number of carbonyl (C=O) groups excluding carboxylic acids is 3. The third-order valence-electron chi connectivity index (χ3n) is 3.68. The monoisotopic (exact) mass is 310 g/mol. The normalized spacial score (nSPS) is 23.6. The maximum Gasteiger partial charge on any atom is 0.307 e. The van der Waals surface area contributed by atoms with Gasteiger partial charge in [-0.1, -0.05) is 12.8 Å². The molecule has 0 unspecified atom stereocenters. The summed E-state index contributed by atoms with van der Waals surface area (Å²) in [6.45, 7) is 0.939. The van der Waals surface area contributed by atoms with E-state index in [1.165, 1.54) is 0 Å². The minimum atomic E-state index is -0.725. The molecule has 1 saturated carbocycles. The molecule has 1 aliphatic carbocycles. The van der Waals surface area contributed by atoms with Crippen LogP contribution in [0.4, 0.5) is 0 Å². The van der Waals surface area contributed by atoms with Crippen LogP contribution in [0.3, 0.4) is 0 Å². The van der Waals surface area contributed by atoms with Gasteiger partial charge in [-0.2, -0.15) is 0 Å². The van der Waals surface area contributed by atoms with E-state index in [9.17, 15) is 24.5 Å². The van der Waals surface area contributed by atoms with Gasteiger partial charge in [0.05, 0.1) is 13.0 Å². The summed E-state index contributed by atoms with van der Waals surface area (Å²) < 4.78 is 4.76. The van der Waals surface area contributed by atoms with E-state index >= 15 is 0 Å². The Morgan fingerprint density at radius 1 is 1.55 bits per heavy atom. The van der Waals surface area contributed by atoms with E-state index in [-0.39, 0.29) is 37.6 Å². The molecule has 0 saturated heterocycles. The first-order valence-corrected chi connectivity index (χ1v) is 6.85. The minimum Gasteiger partial charge on any atom is -0.456 e. The average molecular weight is 310 g/mol. The Morgan fingerprint density at radius 2 is 2.23 bits per heavy atom. The molecule has 3 atom stereocenters. The van der Waals surface area contributed by atoms with E-state index in [1.54, 1.807) is 6.92 Å². The number of nitrogens with zero attached hydrogens (tertiary/aromatic N) is 1. The number of hydrogen-bond acceptors (Lipinski definition) is 6. The number of ketones is 1. The molecular formula is C14H18N2O6. The number of terminal acetylenes is 1. The van der Waals surface area contributed by atoms with Crippen molar-refractivity contribution in [2.45, 2.75) is 19.8 Å². The van der Waals surface area contributed by atoms with Gasteiger partial charge in [-0.3, -0.25) is 24.5 Å². The molecule has 1 aliphatic rings. The van der Waals surface area contributed by atoms with Crippen molar-refractivity contribution in [1.29, 1.82) is 0 Å². The molecule has 0 bridgehead atoms. The van der Waals surface area contributed by atoms with Gasteiger partial charge in [-0.25, -0.2) is 0 Å². The van der Waals surface area contributed by atoms with Gasteiger partial charge >= 0.3 is 5.97 Å². The van der Waals surface area contributed by atoms with Crippen molar-refractivity contribution in [3.63, 3.8) is 0 Å². The maximum absolute atomic E-state index is 11.9. The summed E-state index contributed by atoms with van der Waals surface area (Å²) in [7, 11) is 0. The minimum absolute atomic E-state index is 0.0277. The first-order chi connectivity index (χ1) is 10.3. The summed E-state index contributed by atoms with van der Waals surface area (Å²) in [6.07, 6.45) is 4.94. The summed E-state index contributed by atoms with van der Waals surface area (Å²) in [5, 5.41) is 13.0. The van der Waals surface area contributed by atoms with Crippen LogP contribution in [-0.4, -0.2) is 42.3 Å². The highest BCUT2D eigenvalue weighted by atomic mass is 16.6. The Bertz CT molecular complexity index is 510. The molecule has 0 aromatic carbocycles. The first-order valence-electron chi connectivity index (χ1n) is 6.85. The highest BCUT2D eigenvalue weighted by molar-refractivity contribution is 5.88. The number of nitrogens with one attached hydrogen (secondary N) is 1. The second-order valence-electron chi connectivity index (χ2n) is 5.28. The van der Waals surface area contributed by atoms with Gasteiger partial charge in [0, 0.05) is 23.2 Å². The van der Waals surface area contributed by atoms with Crippen LogP contribution in [0.25, 0.3) is 0 Å². The molecule has 0 aliphatic heterocycles. The number of ether oxygens (including phenoxy) is 1. The molecule has 0 spiro atoms. The van der Waals surface area contributed by atoms with Crippen molar-refractivity contribution in [1.82, 2.24) is 5.32 Å². The van der Waals surface area contributed by atoms with Crippen LogP contribution in [0.5, 0.6) is 0 Å². The van der Waals surface area contributed by atoms with Gasteiger partial charge < -0.3 is 10.1 Å². The largest absolute Gasteiger partial charge is 0.456 e. The van der Waals surface area contributed by atoms with Gasteiger partial charge in [0.1, 0.15) is 5.78 Å². The van der Waals surface area contributed by atoms with Gasteiger partial charge in [0.15, 0.2) is 6.61 Å². The third-order valence-corrected chi connectivity index (χ3v) is 3.68. The van der Waals surface area contributed by atoms with E-state index in [0.717, 1.165) is 0 Å². The topological polar surface area (TPSA) is 116 Å². The van der Waals surface area contributed by atoms with Crippen molar-refractivity contribution >= 4 is 17.7 Å². The first kappa shape index (κ1) is 17.6. The van der Waals surface area contributed by atoms with E-state index in [1.807, 2.05) is 0 Å². The lowest BCUT2D eigenvalue weighted by molar-refractivity contribution is -0.490. The standard InChI is InChI=1S/C14H18N2O6/c1-3-4-15-13(18)8-22-14(19)6-10-11(7-16(20)21)9(2)5-12(10)17/h1,9-11H,4-8H2,2H3,(H,15,18)/t9-,10+,11-/m1/s1. The summed E-state index contributed by atoms with van der Waals surface area (Å²) in [6, 6.07) is 0. The molecule has 0 heterocycles. The van der Waals surface area contributed by atoms with Crippen molar-refractivity contribution in [3.05, 3.63) is 10.1 Å². The fourth-order valence-electron chi connectivity index (χ4n) is 2.59. The predicted octanol–water partition coefficient (Wildman–Crippen LogP) is -0.213. The summed E-state index contributed by atoms with van der Waals surface area (Å²) in [4.78, 5) is 45.0. The van der Waals surface area contributed by atoms with Gasteiger partial charge in [0.2, 0.25) is 6.54 Å². The van der Waals surface area contributed by atoms with E-state index in [0.29, 0.717) is 0 Å². The summed E-state index contributed by atoms with van der Waals surface area (Å²) in [5.74, 6) is -0.588. The molecule has 22 heavy (non-hydrogen) atoms. The number of esters is 1. The molecule has 0 radical (unpaired) electrons. The fraction of sp³-hybridized carbons (Fsp3) is 0.643. The quantitative estimate of drug-likeness (QED) is 0.301. The molecule has 1 amide bonds. The maximum atomic E-state index is 11.9. The van der Waals surface area contributed by atoms with Crippen molar-refractivity contribution in [2.75, 3.05) is 19.7 Å². The van der Waals surface area contributed by atoms with Gasteiger partial charge in [-0.15, -0.1) is 6.42 Å². The molecule has 0 aromatic heterocycles. The van der Waals surface area contributed by atoms with Crippen LogP contribution in [0.15, 0.2) is 0 Å². The van der Waals surface area contributed by atoms with Crippen molar-refractivity contribution in [3.8, 4) is 12.3 Å². The lowest BCUT2D eigenvalue weighted by Gasteiger charge is -2.16. The zero-order valence-electron chi connectivity index (χ0n) is 12.2. The van der Waals surface area contributed by atoms with Crippen LogP contribution in [0, 0.1) is 40.2 Å². The van der Waals surface area contributed by atoms with Crippen LogP contribution in [0.2, 0.25) is 0 Å². The fourth-order valence-corrected chi connectivity index (χ4v) is 2.59. The number of rotatable bonds is 7. The number of Topliss-reactive ketones (excluding diaryl/α,β-unsaturated/α-hetero) is 1. The number of hydrogen-bond donors (Lipinski definition) is 1. The average Bonchev–Trinajstić information content (AvgIpc) is 2.69. The third kappa shape index (κ3) is 5.16. The van der Waals surface area contributed by atoms with Crippen LogP contribution >= 0.6 is 0 Å². The molecule has 1 N–H and O–H groups in total. The number of carbonyl (C=O) groups is 3. The van der Waals surface area contributed by atoms with Crippen molar-refractivity contribution in [2.24, 2.45) is 17.8 Å². The lowest BCUT2D eigenvalue weighted by Crippen LogP contribution is -2.31. The second-order valence-corrected chi connectivity index (χ2v) is 5.28. The summed E-state index contributed by atoms with van der Waals surface area (Å²) in [5.41, 5.74) is 0. The molecular weight excluding hydrogens is 292 g/mol. The zero-order chi connectivity index (χ0) is 16.7. The Labute approximate surface area is 127 Å². The van der Waals surface area contributed by atoms with Crippen LogP contribution in [0.1, 0.15) is 19.8 Å². The smallest absolute Gasteiger partial charge is 0.307 e. The van der Waals surface area contributed by atoms with Crippen molar-refractivity contribution < 1.29 is 24.0 Å². The van der Waals surface area contributed by atoms with E-state index in [2.05, 4.69) is 11.2 Å². The molecule has 8 nitrogen and oxygen atoms in total. The SMILES string of the molecule is C#CCNC(=O)COC(=O)C[C@@H]1C(=O)C[C@@H](C)[C@H]1C[N+](=O)[O-]. The van der Waals surface area contributed by atoms with Gasteiger partial charge in [-0.05, 0) is 5.92 Å². The Hall–Kier alpha value is -2.43. The second kappa shape index (κ2) is 8.12. The molecule has 120 valence electrons. The Kier molecular flexibility index (Phi) is 6.50. The molecule has 1 fully saturated rings. The number of nitro groups is 1. The lowest BCUT2D eigenvalue weighted by atomic mass is 9.88. The van der Waals surface area contributed by atoms with Gasteiger partial charge in [0.25, 0.3) is 5.91 Å². The highest BCUT2D eigenvalue weighted by Crippen LogP contribution is 2.36. The molecule has 0 aromatic rings. The van der Waals surface area contributed by atoms with E-state index < -0.39 is 35.2 Å². The predicted molar refractivity (Wildman–Crippen MR) is 75.0 cm³/mol. The summed E-state index contributed by atoms with van der Waals surface area (Å²) >= 11 is 0. The Balaban J connectivity index is 2.51. The number of amides is 1. The highest BCUT2D eigenvalue weighted by Gasteiger charge is 2.44. The van der Waals surface area contributed by atoms with Crippen LogP contribution in [-0.2, 0) is 19.1 Å². The van der Waals surface area contributed by atoms with Crippen LogP contribution < -0.4 is 5.32 Å². The molecule has 1 rings (SSSR count). The van der Waals surface area contributed by atoms with E-state index in [4.69, 9.17) is 11.2 Å².